The molecule has 1 fully saturated rings. The van der Waals surface area contributed by atoms with Crippen LogP contribution in [0.15, 0.2) is 48.6 Å². The standard InChI is InChI=1S/C20H27ClO4/c1-2-3-4-5-9-18-19(23)14-25-20(18)11-10-16(22)13-24-17-8-6-7-15(21)12-17/h3-4,6-8,10-12,16,18-20,22-23H,2,5,9,13-14H2,1H3/b4-3+,11-10+. The Hall–Kier alpha value is -1.33. The third-order valence-electron chi connectivity index (χ3n) is 4.18. The Morgan fingerprint density at radius 3 is 3.00 bits per heavy atom. The van der Waals surface area contributed by atoms with Crippen molar-refractivity contribution in [2.24, 2.45) is 5.92 Å². The van der Waals surface area contributed by atoms with E-state index in [9.17, 15) is 10.2 Å². The van der Waals surface area contributed by atoms with Crippen LogP contribution < -0.4 is 4.74 Å². The quantitative estimate of drug-likeness (QED) is 0.653. The zero-order valence-electron chi connectivity index (χ0n) is 14.6. The van der Waals surface area contributed by atoms with Crippen molar-refractivity contribution in [3.63, 3.8) is 0 Å². The Labute approximate surface area is 154 Å². The number of aliphatic hydroxyl groups is 2. The smallest absolute Gasteiger partial charge is 0.120 e. The molecule has 0 saturated carbocycles. The first-order valence-corrected chi connectivity index (χ1v) is 9.17. The lowest BCUT2D eigenvalue weighted by Gasteiger charge is -2.17. The number of hydrogen-bond acceptors (Lipinski definition) is 4. The summed E-state index contributed by atoms with van der Waals surface area (Å²) in [5.74, 6) is 0.673. The Balaban J connectivity index is 1.80. The van der Waals surface area contributed by atoms with Gasteiger partial charge in [-0.25, -0.2) is 0 Å². The molecule has 4 unspecified atom stereocenters. The van der Waals surface area contributed by atoms with E-state index in [1.54, 1.807) is 30.3 Å². The first kappa shape index (κ1) is 20.0. The summed E-state index contributed by atoms with van der Waals surface area (Å²) in [6.07, 6.45) is 9.19. The Morgan fingerprint density at radius 2 is 2.24 bits per heavy atom. The van der Waals surface area contributed by atoms with E-state index in [0.717, 1.165) is 19.3 Å². The van der Waals surface area contributed by atoms with Gasteiger partial charge in [0.1, 0.15) is 18.5 Å². The lowest BCUT2D eigenvalue weighted by atomic mass is 9.93. The minimum atomic E-state index is -0.749. The summed E-state index contributed by atoms with van der Waals surface area (Å²) in [6, 6.07) is 7.06. The summed E-state index contributed by atoms with van der Waals surface area (Å²) >= 11 is 5.90. The average molecular weight is 367 g/mol. The molecule has 1 aromatic rings. The summed E-state index contributed by atoms with van der Waals surface area (Å²) < 4.78 is 11.2. The molecule has 0 radical (unpaired) electrons. The van der Waals surface area contributed by atoms with Crippen molar-refractivity contribution in [2.45, 2.75) is 44.5 Å². The summed E-state index contributed by atoms with van der Waals surface area (Å²) in [5.41, 5.74) is 0. The highest BCUT2D eigenvalue weighted by Gasteiger charge is 2.33. The van der Waals surface area contributed by atoms with Gasteiger partial charge in [-0.2, -0.15) is 0 Å². The van der Waals surface area contributed by atoms with Crippen LogP contribution >= 0.6 is 11.6 Å². The molecule has 1 aliphatic rings. The van der Waals surface area contributed by atoms with Crippen molar-refractivity contribution in [3.8, 4) is 5.75 Å². The lowest BCUT2D eigenvalue weighted by molar-refractivity contribution is 0.106. The molecular formula is C20H27ClO4. The summed E-state index contributed by atoms with van der Waals surface area (Å²) in [4.78, 5) is 0. The summed E-state index contributed by atoms with van der Waals surface area (Å²) in [6.45, 7) is 2.57. The minimum Gasteiger partial charge on any atom is -0.491 e. The molecule has 4 atom stereocenters. The molecule has 0 aliphatic carbocycles. The van der Waals surface area contributed by atoms with Gasteiger partial charge in [0.15, 0.2) is 0 Å². The van der Waals surface area contributed by atoms with Gasteiger partial charge >= 0.3 is 0 Å². The number of aliphatic hydroxyl groups excluding tert-OH is 2. The van der Waals surface area contributed by atoms with Crippen LogP contribution in [-0.4, -0.2) is 41.7 Å². The highest BCUT2D eigenvalue weighted by Crippen LogP contribution is 2.27. The SMILES string of the molecule is CC/C=C/CCC1C(O)COC1/C=C/C(O)COc1cccc(Cl)c1. The van der Waals surface area contributed by atoms with Crippen molar-refractivity contribution >= 4 is 11.6 Å². The van der Waals surface area contributed by atoms with Gasteiger partial charge < -0.3 is 19.7 Å². The second-order valence-corrected chi connectivity index (χ2v) is 6.64. The van der Waals surface area contributed by atoms with Gasteiger partial charge in [0, 0.05) is 10.9 Å². The van der Waals surface area contributed by atoms with Crippen LogP contribution in [0, 0.1) is 5.92 Å². The third-order valence-corrected chi connectivity index (χ3v) is 4.42. The van der Waals surface area contributed by atoms with Crippen LogP contribution in [0.3, 0.4) is 0 Å². The molecule has 0 amide bonds. The first-order chi connectivity index (χ1) is 12.1. The van der Waals surface area contributed by atoms with Crippen LogP contribution in [0.2, 0.25) is 5.02 Å². The van der Waals surface area contributed by atoms with Gasteiger partial charge in [-0.05, 0) is 37.5 Å². The molecule has 0 spiro atoms. The molecule has 1 aromatic carbocycles. The maximum Gasteiger partial charge on any atom is 0.120 e. The van der Waals surface area contributed by atoms with E-state index in [0.29, 0.717) is 17.4 Å². The van der Waals surface area contributed by atoms with Gasteiger partial charge in [-0.1, -0.05) is 48.9 Å². The maximum absolute atomic E-state index is 10.1. The predicted molar refractivity (Wildman–Crippen MR) is 100.0 cm³/mol. The van der Waals surface area contributed by atoms with Crippen LogP contribution in [0.5, 0.6) is 5.75 Å². The van der Waals surface area contributed by atoms with Gasteiger partial charge in [-0.3, -0.25) is 0 Å². The first-order valence-electron chi connectivity index (χ1n) is 8.79. The van der Waals surface area contributed by atoms with E-state index in [1.807, 2.05) is 6.08 Å². The molecule has 0 aromatic heterocycles. The number of halogens is 1. The molecule has 1 aliphatic heterocycles. The van der Waals surface area contributed by atoms with E-state index >= 15 is 0 Å². The van der Waals surface area contributed by atoms with Crippen LogP contribution in [-0.2, 0) is 4.74 Å². The number of allylic oxidation sites excluding steroid dienone is 2. The fourth-order valence-electron chi connectivity index (χ4n) is 2.84. The number of benzene rings is 1. The molecule has 138 valence electrons. The largest absolute Gasteiger partial charge is 0.491 e. The normalized spacial score (nSPS) is 25.0. The summed E-state index contributed by atoms with van der Waals surface area (Å²) in [5, 5.41) is 20.7. The van der Waals surface area contributed by atoms with Gasteiger partial charge in [0.05, 0.1) is 18.8 Å². The van der Waals surface area contributed by atoms with Crippen molar-refractivity contribution in [1.82, 2.24) is 0 Å². The molecule has 5 heteroatoms. The lowest BCUT2D eigenvalue weighted by Crippen LogP contribution is -2.23. The van der Waals surface area contributed by atoms with E-state index in [2.05, 4.69) is 19.1 Å². The number of hydrogen-bond donors (Lipinski definition) is 2. The van der Waals surface area contributed by atoms with Gasteiger partial charge in [0.2, 0.25) is 0 Å². The van der Waals surface area contributed by atoms with E-state index < -0.39 is 12.2 Å². The second-order valence-electron chi connectivity index (χ2n) is 6.21. The fourth-order valence-corrected chi connectivity index (χ4v) is 3.02. The molecule has 4 nitrogen and oxygen atoms in total. The molecular weight excluding hydrogens is 340 g/mol. The zero-order valence-corrected chi connectivity index (χ0v) is 15.3. The highest BCUT2D eigenvalue weighted by atomic mass is 35.5. The van der Waals surface area contributed by atoms with Gasteiger partial charge in [-0.15, -0.1) is 0 Å². The molecule has 1 heterocycles. The Morgan fingerprint density at radius 1 is 1.40 bits per heavy atom. The zero-order chi connectivity index (χ0) is 18.1. The predicted octanol–water partition coefficient (Wildman–Crippen LogP) is 3.76. The molecule has 25 heavy (non-hydrogen) atoms. The van der Waals surface area contributed by atoms with Crippen molar-refractivity contribution in [2.75, 3.05) is 13.2 Å². The van der Waals surface area contributed by atoms with Gasteiger partial charge in [0.25, 0.3) is 0 Å². The van der Waals surface area contributed by atoms with Crippen molar-refractivity contribution in [1.29, 1.82) is 0 Å². The average Bonchev–Trinajstić information content (AvgIpc) is 2.95. The molecule has 0 bridgehead atoms. The molecule has 1 saturated heterocycles. The van der Waals surface area contributed by atoms with Crippen LogP contribution in [0.4, 0.5) is 0 Å². The minimum absolute atomic E-state index is 0.0544. The van der Waals surface area contributed by atoms with E-state index in [1.165, 1.54) is 0 Å². The Kier molecular flexibility index (Phi) is 8.49. The van der Waals surface area contributed by atoms with Crippen molar-refractivity contribution in [3.05, 3.63) is 53.6 Å². The third kappa shape index (κ3) is 6.83. The fraction of sp³-hybridized carbons (Fsp3) is 0.500. The number of rotatable bonds is 9. The second kappa shape index (κ2) is 10.6. The maximum atomic E-state index is 10.1. The number of ether oxygens (including phenoxy) is 2. The molecule has 2 rings (SSSR count). The van der Waals surface area contributed by atoms with Crippen LogP contribution in [0.25, 0.3) is 0 Å². The summed E-state index contributed by atoms with van der Waals surface area (Å²) in [7, 11) is 0. The Bertz CT molecular complexity index is 573. The van der Waals surface area contributed by atoms with Crippen molar-refractivity contribution < 1.29 is 19.7 Å². The molecule has 2 N–H and O–H groups in total. The van der Waals surface area contributed by atoms with E-state index in [4.69, 9.17) is 21.1 Å². The topological polar surface area (TPSA) is 58.9 Å². The highest BCUT2D eigenvalue weighted by molar-refractivity contribution is 6.30. The van der Waals surface area contributed by atoms with E-state index in [-0.39, 0.29) is 18.6 Å². The van der Waals surface area contributed by atoms with Crippen LogP contribution in [0.1, 0.15) is 26.2 Å². The monoisotopic (exact) mass is 366 g/mol.